The van der Waals surface area contributed by atoms with Gasteiger partial charge in [-0.25, -0.2) is 15.0 Å². The summed E-state index contributed by atoms with van der Waals surface area (Å²) >= 11 is 1.34. The highest BCUT2D eigenvalue weighted by molar-refractivity contribution is 7.20. The zero-order valence-electron chi connectivity index (χ0n) is 14.3. The molecule has 130 valence electrons. The molecule has 0 fully saturated rings. The lowest BCUT2D eigenvalue weighted by Gasteiger charge is -2.04. The van der Waals surface area contributed by atoms with Crippen molar-refractivity contribution in [3.63, 3.8) is 0 Å². The Labute approximate surface area is 153 Å². The van der Waals surface area contributed by atoms with Crippen molar-refractivity contribution in [3.05, 3.63) is 64.3 Å². The Morgan fingerprint density at radius 3 is 2.69 bits per heavy atom. The minimum atomic E-state index is -0.164. The molecule has 0 aliphatic heterocycles. The van der Waals surface area contributed by atoms with Crippen molar-refractivity contribution in [3.8, 4) is 11.4 Å². The molecule has 0 spiro atoms. The molecule has 0 radical (unpaired) electrons. The molecule has 0 aliphatic carbocycles. The number of nitrogens with zero attached hydrogens (tertiary/aromatic N) is 5. The van der Waals surface area contributed by atoms with Gasteiger partial charge >= 0.3 is 0 Å². The second-order valence-electron chi connectivity index (χ2n) is 5.76. The number of fused-ring (bicyclic) bond motifs is 1. The molecular weight excluding hydrogens is 348 g/mol. The van der Waals surface area contributed by atoms with E-state index in [0.717, 1.165) is 29.1 Å². The number of benzene rings is 1. The molecule has 0 aliphatic rings. The number of nitrogens with one attached hydrogen (secondary N) is 1. The summed E-state index contributed by atoms with van der Waals surface area (Å²) in [5.41, 5.74) is 3.34. The van der Waals surface area contributed by atoms with Crippen LogP contribution in [0.25, 0.3) is 16.3 Å². The largest absolute Gasteiger partial charge is 0.330 e. The highest BCUT2D eigenvalue weighted by Crippen LogP contribution is 2.24. The molecule has 0 unspecified atom stereocenters. The van der Waals surface area contributed by atoms with E-state index in [4.69, 9.17) is 0 Å². The fourth-order valence-electron chi connectivity index (χ4n) is 2.50. The Kier molecular flexibility index (Phi) is 4.18. The number of aryl methyl sites for hydroxylation is 2. The van der Waals surface area contributed by atoms with Crippen LogP contribution in [-0.2, 0) is 6.42 Å². The number of anilines is 2. The molecule has 0 bridgehead atoms. The minimum absolute atomic E-state index is 0.164. The number of rotatable bonds is 4. The van der Waals surface area contributed by atoms with Crippen LogP contribution in [0.4, 0.5) is 10.8 Å². The molecule has 26 heavy (non-hydrogen) atoms. The molecule has 8 heteroatoms. The molecule has 3 heterocycles. The fraction of sp³-hybridized carbons (Fsp3) is 0.167. The van der Waals surface area contributed by atoms with Gasteiger partial charge in [0.1, 0.15) is 0 Å². The van der Waals surface area contributed by atoms with E-state index in [-0.39, 0.29) is 5.56 Å². The molecule has 1 aromatic carbocycles. The van der Waals surface area contributed by atoms with Crippen molar-refractivity contribution in [1.82, 2.24) is 24.6 Å². The van der Waals surface area contributed by atoms with Gasteiger partial charge < -0.3 is 5.32 Å². The van der Waals surface area contributed by atoms with Crippen molar-refractivity contribution in [1.29, 1.82) is 0 Å². The lowest BCUT2D eigenvalue weighted by Crippen LogP contribution is -2.15. The van der Waals surface area contributed by atoms with Gasteiger partial charge in [0, 0.05) is 34.9 Å². The molecule has 7 nitrogen and oxygen atoms in total. The van der Waals surface area contributed by atoms with Gasteiger partial charge in [-0.1, -0.05) is 18.3 Å². The van der Waals surface area contributed by atoms with E-state index in [1.165, 1.54) is 21.9 Å². The van der Waals surface area contributed by atoms with Gasteiger partial charge in [-0.3, -0.25) is 4.79 Å². The predicted molar refractivity (Wildman–Crippen MR) is 102 cm³/mol. The van der Waals surface area contributed by atoms with Crippen LogP contribution in [0, 0.1) is 6.92 Å². The molecule has 0 amide bonds. The second kappa shape index (κ2) is 6.64. The third-order valence-electron chi connectivity index (χ3n) is 3.85. The van der Waals surface area contributed by atoms with E-state index in [0.29, 0.717) is 15.9 Å². The molecular formula is C18H16N6OS. The summed E-state index contributed by atoms with van der Waals surface area (Å²) in [6.07, 6.45) is 2.47. The van der Waals surface area contributed by atoms with E-state index in [2.05, 4.69) is 25.4 Å². The van der Waals surface area contributed by atoms with E-state index >= 15 is 0 Å². The second-order valence-corrected chi connectivity index (χ2v) is 6.72. The average Bonchev–Trinajstić information content (AvgIpc) is 3.05. The van der Waals surface area contributed by atoms with Crippen molar-refractivity contribution in [2.75, 3.05) is 5.32 Å². The molecule has 0 saturated heterocycles. The normalized spacial score (nSPS) is 11.0. The van der Waals surface area contributed by atoms with Crippen molar-refractivity contribution >= 4 is 27.1 Å². The lowest BCUT2D eigenvalue weighted by atomic mass is 10.2. The maximum Gasteiger partial charge on any atom is 0.275 e. The first-order chi connectivity index (χ1) is 12.6. The summed E-state index contributed by atoms with van der Waals surface area (Å²) in [6.45, 7) is 3.91. The molecule has 0 atom stereocenters. The van der Waals surface area contributed by atoms with Gasteiger partial charge in [-0.2, -0.15) is 4.52 Å². The highest BCUT2D eigenvalue weighted by atomic mass is 32.1. The number of aromatic nitrogens is 5. The van der Waals surface area contributed by atoms with Crippen molar-refractivity contribution < 1.29 is 0 Å². The molecule has 3 aromatic heterocycles. The summed E-state index contributed by atoms with van der Waals surface area (Å²) < 4.78 is 1.32. The highest BCUT2D eigenvalue weighted by Gasteiger charge is 2.09. The summed E-state index contributed by atoms with van der Waals surface area (Å²) in [7, 11) is 0. The van der Waals surface area contributed by atoms with Gasteiger partial charge in [0.15, 0.2) is 5.82 Å². The number of hydrogen-bond acceptors (Lipinski definition) is 7. The molecule has 4 aromatic rings. The van der Waals surface area contributed by atoms with E-state index in [1.54, 1.807) is 6.20 Å². The lowest BCUT2D eigenvalue weighted by molar-refractivity contribution is 0.879. The SMILES string of the molecule is CCc1cc(=O)n2nc(Nc3ccc(-c4nccc(C)n4)cc3)sc2n1. The van der Waals surface area contributed by atoms with Crippen LogP contribution < -0.4 is 10.9 Å². The van der Waals surface area contributed by atoms with E-state index in [1.807, 2.05) is 44.2 Å². The number of hydrogen-bond donors (Lipinski definition) is 1. The third kappa shape index (κ3) is 3.18. The van der Waals surface area contributed by atoms with Gasteiger partial charge in [-0.05, 0) is 43.7 Å². The van der Waals surface area contributed by atoms with Crippen LogP contribution >= 0.6 is 11.3 Å². The molecule has 0 saturated carbocycles. The monoisotopic (exact) mass is 364 g/mol. The Bertz CT molecular complexity index is 1130. The van der Waals surface area contributed by atoms with Crippen LogP contribution in [0.5, 0.6) is 0 Å². The Hall–Kier alpha value is -3.13. The fourth-order valence-corrected chi connectivity index (χ4v) is 3.35. The van der Waals surface area contributed by atoms with Crippen molar-refractivity contribution in [2.45, 2.75) is 20.3 Å². The predicted octanol–water partition coefficient (Wildman–Crippen LogP) is 3.22. The summed E-state index contributed by atoms with van der Waals surface area (Å²) in [5.74, 6) is 0.694. The Morgan fingerprint density at radius 1 is 1.15 bits per heavy atom. The minimum Gasteiger partial charge on any atom is -0.330 e. The zero-order valence-corrected chi connectivity index (χ0v) is 15.1. The van der Waals surface area contributed by atoms with Crippen LogP contribution in [-0.4, -0.2) is 24.6 Å². The first-order valence-electron chi connectivity index (χ1n) is 8.19. The van der Waals surface area contributed by atoms with E-state index < -0.39 is 0 Å². The summed E-state index contributed by atoms with van der Waals surface area (Å²) in [5, 5.41) is 8.13. The molecule has 1 N–H and O–H groups in total. The van der Waals surface area contributed by atoms with Gasteiger partial charge in [0.25, 0.3) is 5.56 Å². The smallest absolute Gasteiger partial charge is 0.275 e. The first kappa shape index (κ1) is 16.3. The van der Waals surface area contributed by atoms with Crippen LogP contribution in [0.15, 0.2) is 47.4 Å². The molecule has 4 rings (SSSR count). The summed E-state index contributed by atoms with van der Waals surface area (Å²) in [4.78, 5) is 25.8. The van der Waals surface area contributed by atoms with E-state index in [9.17, 15) is 4.79 Å². The topological polar surface area (TPSA) is 85.1 Å². The summed E-state index contributed by atoms with van der Waals surface area (Å²) in [6, 6.07) is 11.1. The maximum atomic E-state index is 12.1. The standard InChI is InChI=1S/C18H16N6OS/c1-3-13-10-15(25)24-18(22-13)26-17(23-24)21-14-6-4-12(5-7-14)16-19-9-8-11(2)20-16/h4-10H,3H2,1-2H3,(H,21,23). The van der Waals surface area contributed by atoms with Gasteiger partial charge in [-0.15, -0.1) is 5.10 Å². The van der Waals surface area contributed by atoms with Crippen LogP contribution in [0.2, 0.25) is 0 Å². The first-order valence-corrected chi connectivity index (χ1v) is 9.01. The van der Waals surface area contributed by atoms with Crippen LogP contribution in [0.1, 0.15) is 18.3 Å². The average molecular weight is 364 g/mol. The zero-order chi connectivity index (χ0) is 18.1. The maximum absolute atomic E-state index is 12.1. The van der Waals surface area contributed by atoms with Crippen molar-refractivity contribution in [2.24, 2.45) is 0 Å². The van der Waals surface area contributed by atoms with Gasteiger partial charge in [0.05, 0.1) is 0 Å². The third-order valence-corrected chi connectivity index (χ3v) is 4.67. The van der Waals surface area contributed by atoms with Gasteiger partial charge in [0.2, 0.25) is 10.1 Å². The Morgan fingerprint density at radius 2 is 1.96 bits per heavy atom. The Balaban J connectivity index is 1.60. The quantitative estimate of drug-likeness (QED) is 0.598. The van der Waals surface area contributed by atoms with Crippen LogP contribution in [0.3, 0.4) is 0 Å².